The maximum Gasteiger partial charge on any atom is 0.306 e. The van der Waals surface area contributed by atoms with Gasteiger partial charge in [0, 0.05) is 6.42 Å². The van der Waals surface area contributed by atoms with E-state index in [2.05, 4.69) is 15.0 Å². The SMILES string of the molecule is C/C=C\CCCC(=O)OC(CON=O)CO[N+](=O)[O-]. The van der Waals surface area contributed by atoms with Gasteiger partial charge in [0.2, 0.25) is 0 Å². The lowest BCUT2D eigenvalue weighted by Gasteiger charge is -2.14. The van der Waals surface area contributed by atoms with Crippen molar-refractivity contribution in [2.75, 3.05) is 13.2 Å². The van der Waals surface area contributed by atoms with Crippen molar-refractivity contribution in [3.05, 3.63) is 27.2 Å². The molecule has 0 aromatic carbocycles. The molecule has 9 heteroatoms. The summed E-state index contributed by atoms with van der Waals surface area (Å²) in [5.74, 6) is -0.545. The molecule has 108 valence electrons. The first kappa shape index (κ1) is 16.8. The molecule has 0 rings (SSSR count). The first-order valence-electron chi connectivity index (χ1n) is 5.62. The van der Waals surface area contributed by atoms with Gasteiger partial charge in [-0.1, -0.05) is 12.2 Å². The highest BCUT2D eigenvalue weighted by Gasteiger charge is 2.17. The Labute approximate surface area is 109 Å². The van der Waals surface area contributed by atoms with E-state index in [9.17, 15) is 19.8 Å². The summed E-state index contributed by atoms with van der Waals surface area (Å²) in [4.78, 5) is 39.4. The first-order valence-corrected chi connectivity index (χ1v) is 5.62. The lowest BCUT2D eigenvalue weighted by molar-refractivity contribution is -0.759. The van der Waals surface area contributed by atoms with Gasteiger partial charge >= 0.3 is 5.97 Å². The minimum Gasteiger partial charge on any atom is -0.457 e. The topological polar surface area (TPSA) is 117 Å². The summed E-state index contributed by atoms with van der Waals surface area (Å²) in [6.07, 6.45) is 4.21. The normalized spacial score (nSPS) is 11.8. The number of rotatable bonds is 11. The van der Waals surface area contributed by atoms with Crippen LogP contribution in [0.4, 0.5) is 0 Å². The summed E-state index contributed by atoms with van der Waals surface area (Å²) in [5.41, 5.74) is 0. The van der Waals surface area contributed by atoms with E-state index in [0.717, 1.165) is 6.42 Å². The molecule has 0 N–H and O–H groups in total. The molecular formula is C10H16N2O7. The largest absolute Gasteiger partial charge is 0.457 e. The van der Waals surface area contributed by atoms with E-state index in [4.69, 9.17) is 4.74 Å². The molecule has 0 saturated carbocycles. The monoisotopic (exact) mass is 276 g/mol. The van der Waals surface area contributed by atoms with Gasteiger partial charge in [0.25, 0.3) is 5.09 Å². The summed E-state index contributed by atoms with van der Waals surface area (Å²) in [6.45, 7) is 0.966. The minimum atomic E-state index is -1.04. The van der Waals surface area contributed by atoms with Gasteiger partial charge < -0.3 is 14.4 Å². The van der Waals surface area contributed by atoms with Crippen molar-refractivity contribution >= 4 is 5.97 Å². The number of esters is 1. The third kappa shape index (κ3) is 10.7. The lowest BCUT2D eigenvalue weighted by atomic mass is 10.2. The highest BCUT2D eigenvalue weighted by molar-refractivity contribution is 5.69. The minimum absolute atomic E-state index is 0.161. The average molecular weight is 276 g/mol. The molecule has 0 bridgehead atoms. The average Bonchev–Trinajstić information content (AvgIpc) is 2.37. The number of ether oxygens (including phenoxy) is 1. The Morgan fingerprint density at radius 1 is 1.47 bits per heavy atom. The molecule has 1 atom stereocenters. The van der Waals surface area contributed by atoms with Gasteiger partial charge in [0.05, 0.1) is 0 Å². The predicted molar refractivity (Wildman–Crippen MR) is 63.2 cm³/mol. The third-order valence-corrected chi connectivity index (χ3v) is 1.96. The molecule has 0 aliphatic rings. The van der Waals surface area contributed by atoms with Gasteiger partial charge in [-0.2, -0.15) is 0 Å². The zero-order chi connectivity index (χ0) is 14.5. The Kier molecular flexibility index (Phi) is 9.67. The summed E-state index contributed by atoms with van der Waals surface area (Å²) in [5, 5.41) is 11.1. The van der Waals surface area contributed by atoms with Gasteiger partial charge in [-0.25, -0.2) is 0 Å². The van der Waals surface area contributed by atoms with Crippen LogP contribution in [0.15, 0.2) is 17.5 Å². The lowest BCUT2D eigenvalue weighted by Crippen LogP contribution is -2.29. The van der Waals surface area contributed by atoms with Crippen molar-refractivity contribution in [1.29, 1.82) is 0 Å². The van der Waals surface area contributed by atoms with E-state index in [1.54, 1.807) is 0 Å². The second kappa shape index (κ2) is 10.9. The zero-order valence-electron chi connectivity index (χ0n) is 10.5. The molecular weight excluding hydrogens is 260 g/mol. The van der Waals surface area contributed by atoms with E-state index in [-0.39, 0.29) is 6.42 Å². The predicted octanol–water partition coefficient (Wildman–Crippen LogP) is 1.55. The highest BCUT2D eigenvalue weighted by atomic mass is 17.0. The molecule has 1 unspecified atom stereocenters. The molecule has 9 nitrogen and oxygen atoms in total. The number of carbonyl (C=O) groups is 1. The van der Waals surface area contributed by atoms with Crippen LogP contribution in [-0.4, -0.2) is 30.4 Å². The Hall–Kier alpha value is -2.19. The summed E-state index contributed by atoms with van der Waals surface area (Å²) in [6, 6.07) is 0. The fourth-order valence-corrected chi connectivity index (χ4v) is 1.15. The van der Waals surface area contributed by atoms with Crippen molar-refractivity contribution in [2.45, 2.75) is 32.3 Å². The number of allylic oxidation sites excluding steroid dienone is 2. The maximum atomic E-state index is 11.4. The Morgan fingerprint density at radius 3 is 2.79 bits per heavy atom. The number of hydrogen-bond acceptors (Lipinski definition) is 8. The van der Waals surface area contributed by atoms with Crippen LogP contribution in [0.5, 0.6) is 0 Å². The molecule has 0 radical (unpaired) electrons. The second-order valence-corrected chi connectivity index (χ2v) is 3.46. The standard InChI is InChI=1S/C10H16N2O7/c1-2-3-4-5-6-10(13)19-9(7-17-11-14)8-18-12(15)16/h2-3,9H,4-8H2,1H3/b3-2-. The van der Waals surface area contributed by atoms with E-state index in [1.807, 2.05) is 19.1 Å². The fourth-order valence-electron chi connectivity index (χ4n) is 1.15. The summed E-state index contributed by atoms with van der Waals surface area (Å²) < 4.78 is 4.87. The molecule has 0 aromatic heterocycles. The third-order valence-electron chi connectivity index (χ3n) is 1.96. The molecule has 0 aromatic rings. The van der Waals surface area contributed by atoms with Gasteiger partial charge in [-0.15, -0.1) is 15.0 Å². The van der Waals surface area contributed by atoms with E-state index >= 15 is 0 Å². The number of unbranched alkanes of at least 4 members (excludes halogenated alkanes) is 1. The molecule has 0 aliphatic carbocycles. The number of hydrogen-bond donors (Lipinski definition) is 0. The van der Waals surface area contributed by atoms with Crippen molar-refractivity contribution in [3.63, 3.8) is 0 Å². The van der Waals surface area contributed by atoms with Crippen molar-refractivity contribution in [3.8, 4) is 0 Å². The van der Waals surface area contributed by atoms with Gasteiger partial charge in [-0.3, -0.25) is 4.79 Å². The van der Waals surface area contributed by atoms with Crippen molar-refractivity contribution < 1.29 is 24.3 Å². The fraction of sp³-hybridized carbons (Fsp3) is 0.700. The van der Waals surface area contributed by atoms with Crippen LogP contribution in [0.25, 0.3) is 0 Å². The van der Waals surface area contributed by atoms with Crippen LogP contribution >= 0.6 is 0 Å². The molecule has 0 saturated heterocycles. The van der Waals surface area contributed by atoms with E-state index in [1.165, 1.54) is 0 Å². The zero-order valence-corrected chi connectivity index (χ0v) is 10.5. The number of carbonyl (C=O) groups excluding carboxylic acids is 1. The smallest absolute Gasteiger partial charge is 0.306 e. The highest BCUT2D eigenvalue weighted by Crippen LogP contribution is 2.03. The molecule has 19 heavy (non-hydrogen) atoms. The van der Waals surface area contributed by atoms with Gasteiger partial charge in [0.15, 0.2) is 18.1 Å². The van der Waals surface area contributed by atoms with Crippen LogP contribution < -0.4 is 0 Å². The van der Waals surface area contributed by atoms with E-state index < -0.39 is 30.4 Å². The maximum absolute atomic E-state index is 11.4. The summed E-state index contributed by atoms with van der Waals surface area (Å²) in [7, 11) is 0. The number of nitrogens with zero attached hydrogens (tertiary/aromatic N) is 2. The Balaban J connectivity index is 4.02. The Bertz CT molecular complexity index is 319. The van der Waals surface area contributed by atoms with Gasteiger partial charge in [0.1, 0.15) is 6.61 Å². The van der Waals surface area contributed by atoms with E-state index in [0.29, 0.717) is 6.42 Å². The van der Waals surface area contributed by atoms with Gasteiger partial charge in [-0.05, 0) is 19.8 Å². The molecule has 0 amide bonds. The van der Waals surface area contributed by atoms with Crippen molar-refractivity contribution in [1.82, 2.24) is 0 Å². The molecule has 0 aliphatic heterocycles. The molecule has 0 heterocycles. The molecule has 0 spiro atoms. The van der Waals surface area contributed by atoms with Crippen LogP contribution in [0, 0.1) is 15.0 Å². The molecule has 0 fully saturated rings. The summed E-state index contributed by atoms with van der Waals surface area (Å²) >= 11 is 0. The van der Waals surface area contributed by atoms with Crippen molar-refractivity contribution in [2.24, 2.45) is 5.34 Å². The van der Waals surface area contributed by atoms with Crippen LogP contribution in [-0.2, 0) is 19.2 Å². The van der Waals surface area contributed by atoms with Crippen LogP contribution in [0.1, 0.15) is 26.2 Å². The first-order chi connectivity index (χ1) is 9.10. The van der Waals surface area contributed by atoms with Crippen LogP contribution in [0.2, 0.25) is 0 Å². The quantitative estimate of drug-likeness (QED) is 0.140. The Morgan fingerprint density at radius 2 is 2.21 bits per heavy atom. The second-order valence-electron chi connectivity index (χ2n) is 3.46. The van der Waals surface area contributed by atoms with Crippen LogP contribution in [0.3, 0.4) is 0 Å².